The Morgan fingerprint density at radius 1 is 0.719 bits per heavy atom. The van der Waals surface area contributed by atoms with Gasteiger partial charge in [-0.3, -0.25) is 0 Å². The molecule has 0 fully saturated rings. The summed E-state index contributed by atoms with van der Waals surface area (Å²) in [5.74, 6) is 2.42. The summed E-state index contributed by atoms with van der Waals surface area (Å²) in [5, 5.41) is 0. The van der Waals surface area contributed by atoms with Crippen LogP contribution in [0, 0.1) is 0 Å². The average molecular weight is 433 g/mol. The second-order valence-corrected chi connectivity index (χ2v) is 7.63. The van der Waals surface area contributed by atoms with Crippen LogP contribution in [0.2, 0.25) is 0 Å². The Hall–Kier alpha value is -3.24. The summed E-state index contributed by atoms with van der Waals surface area (Å²) >= 11 is 0. The van der Waals surface area contributed by atoms with Crippen molar-refractivity contribution >= 4 is 0 Å². The van der Waals surface area contributed by atoms with Crippen molar-refractivity contribution in [2.24, 2.45) is 0 Å². The lowest BCUT2D eigenvalue weighted by molar-refractivity contribution is 0.148. The molecule has 3 rings (SSSR count). The van der Waals surface area contributed by atoms with Crippen LogP contribution in [0.1, 0.15) is 36.0 Å². The number of rotatable bonds is 12. The first-order chi connectivity index (χ1) is 15.7. The van der Waals surface area contributed by atoms with Crippen LogP contribution in [0.3, 0.4) is 0 Å². The van der Waals surface area contributed by atoms with E-state index in [1.807, 2.05) is 48.5 Å². The molecule has 0 heterocycles. The highest BCUT2D eigenvalue weighted by Gasteiger charge is 2.17. The van der Waals surface area contributed by atoms with Gasteiger partial charge in [-0.25, -0.2) is 0 Å². The van der Waals surface area contributed by atoms with E-state index in [9.17, 15) is 0 Å². The minimum atomic E-state index is 0.242. The maximum Gasteiger partial charge on any atom is 0.164 e. The predicted molar refractivity (Wildman–Crippen MR) is 129 cm³/mol. The Morgan fingerprint density at radius 2 is 1.31 bits per heavy atom. The third-order valence-electron chi connectivity index (χ3n) is 5.27. The molecule has 0 saturated carbocycles. The predicted octanol–water partition coefficient (Wildman–Crippen LogP) is 6.55. The summed E-state index contributed by atoms with van der Waals surface area (Å²) in [6, 6.07) is 24.3. The number of hydrogen-bond acceptors (Lipinski definition) is 4. The Labute approximate surface area is 191 Å². The standard InChI is InChI=1S/C28H32O4/c1-22(12-10-11-17-31-20-23-13-6-4-7-14-23)25-18-27(29-2)28(30-3)19-26(25)32-21-24-15-8-5-9-16-24/h4-11,13-16,18-19,22H,12,17,20-21H2,1-3H3/b11-10+. The van der Waals surface area contributed by atoms with Crippen molar-refractivity contribution in [2.75, 3.05) is 20.8 Å². The molecule has 0 radical (unpaired) electrons. The number of ether oxygens (including phenoxy) is 4. The van der Waals surface area contributed by atoms with Crippen LogP contribution in [0.25, 0.3) is 0 Å². The molecule has 0 saturated heterocycles. The van der Waals surface area contributed by atoms with Crippen molar-refractivity contribution in [2.45, 2.75) is 32.5 Å². The fraction of sp³-hybridized carbons (Fsp3) is 0.286. The van der Waals surface area contributed by atoms with Crippen molar-refractivity contribution in [3.05, 3.63) is 102 Å². The number of methoxy groups -OCH3 is 2. The third-order valence-corrected chi connectivity index (χ3v) is 5.27. The first-order valence-corrected chi connectivity index (χ1v) is 10.9. The molecule has 168 valence electrons. The lowest BCUT2D eigenvalue weighted by atomic mass is 9.96. The van der Waals surface area contributed by atoms with Gasteiger partial charge in [0, 0.05) is 11.6 Å². The van der Waals surface area contributed by atoms with E-state index in [0.29, 0.717) is 31.3 Å². The highest BCUT2D eigenvalue weighted by Crippen LogP contribution is 2.39. The first-order valence-electron chi connectivity index (χ1n) is 10.9. The molecule has 0 aliphatic rings. The smallest absolute Gasteiger partial charge is 0.164 e. The van der Waals surface area contributed by atoms with Gasteiger partial charge in [0.2, 0.25) is 0 Å². The summed E-state index contributed by atoms with van der Waals surface area (Å²) in [6.07, 6.45) is 5.10. The quantitative estimate of drug-likeness (QED) is 0.240. The van der Waals surface area contributed by atoms with Crippen molar-refractivity contribution < 1.29 is 18.9 Å². The molecule has 1 atom stereocenters. The van der Waals surface area contributed by atoms with Gasteiger partial charge >= 0.3 is 0 Å². The Morgan fingerprint density at radius 3 is 1.94 bits per heavy atom. The summed E-state index contributed by atoms with van der Waals surface area (Å²) in [7, 11) is 3.29. The highest BCUT2D eigenvalue weighted by atomic mass is 16.5. The van der Waals surface area contributed by atoms with Crippen LogP contribution in [0.15, 0.2) is 84.9 Å². The van der Waals surface area contributed by atoms with Gasteiger partial charge in [0.1, 0.15) is 12.4 Å². The molecular formula is C28H32O4. The van der Waals surface area contributed by atoms with Gasteiger partial charge in [-0.1, -0.05) is 79.7 Å². The zero-order chi connectivity index (χ0) is 22.6. The van der Waals surface area contributed by atoms with Crippen LogP contribution in [0.5, 0.6) is 17.2 Å². The van der Waals surface area contributed by atoms with E-state index in [2.05, 4.69) is 43.3 Å². The fourth-order valence-electron chi connectivity index (χ4n) is 3.44. The van der Waals surface area contributed by atoms with Crippen LogP contribution >= 0.6 is 0 Å². The molecule has 4 heteroatoms. The summed E-state index contributed by atoms with van der Waals surface area (Å²) in [6.45, 7) is 3.89. The first kappa shape index (κ1) is 23.4. The lowest BCUT2D eigenvalue weighted by Crippen LogP contribution is -2.03. The van der Waals surface area contributed by atoms with Gasteiger partial charge < -0.3 is 18.9 Å². The van der Waals surface area contributed by atoms with E-state index in [-0.39, 0.29) is 5.92 Å². The monoisotopic (exact) mass is 432 g/mol. The van der Waals surface area contributed by atoms with Gasteiger partial charge in [-0.2, -0.15) is 0 Å². The summed E-state index contributed by atoms with van der Waals surface area (Å²) in [5.41, 5.74) is 3.39. The Bertz CT molecular complexity index is 967. The normalized spacial score (nSPS) is 12.0. The minimum Gasteiger partial charge on any atom is -0.493 e. The average Bonchev–Trinajstić information content (AvgIpc) is 2.85. The van der Waals surface area contributed by atoms with E-state index in [0.717, 1.165) is 23.3 Å². The largest absolute Gasteiger partial charge is 0.493 e. The number of benzene rings is 3. The van der Waals surface area contributed by atoms with Crippen LogP contribution in [0.4, 0.5) is 0 Å². The molecule has 3 aromatic carbocycles. The zero-order valence-corrected chi connectivity index (χ0v) is 19.1. The number of allylic oxidation sites excluding steroid dienone is 1. The topological polar surface area (TPSA) is 36.9 Å². The van der Waals surface area contributed by atoms with E-state index >= 15 is 0 Å². The van der Waals surface area contributed by atoms with Crippen LogP contribution in [-0.2, 0) is 18.0 Å². The highest BCUT2D eigenvalue weighted by molar-refractivity contribution is 5.52. The SMILES string of the molecule is COc1cc(OCc2ccccc2)c(C(C)C/C=C/COCc2ccccc2)cc1OC. The van der Waals surface area contributed by atoms with E-state index in [4.69, 9.17) is 18.9 Å². The molecular weight excluding hydrogens is 400 g/mol. The second-order valence-electron chi connectivity index (χ2n) is 7.63. The fourth-order valence-corrected chi connectivity index (χ4v) is 3.44. The van der Waals surface area contributed by atoms with Crippen molar-refractivity contribution in [3.8, 4) is 17.2 Å². The summed E-state index contributed by atoms with van der Waals surface area (Å²) in [4.78, 5) is 0. The molecule has 0 aliphatic carbocycles. The maximum atomic E-state index is 6.20. The zero-order valence-electron chi connectivity index (χ0n) is 19.1. The molecule has 32 heavy (non-hydrogen) atoms. The minimum absolute atomic E-state index is 0.242. The van der Waals surface area contributed by atoms with Crippen molar-refractivity contribution in [3.63, 3.8) is 0 Å². The van der Waals surface area contributed by atoms with Gasteiger partial charge in [0.25, 0.3) is 0 Å². The Balaban J connectivity index is 1.62. The number of hydrogen-bond donors (Lipinski definition) is 0. The van der Waals surface area contributed by atoms with Crippen molar-refractivity contribution in [1.82, 2.24) is 0 Å². The van der Waals surface area contributed by atoms with Gasteiger partial charge in [0.05, 0.1) is 27.4 Å². The molecule has 0 bridgehead atoms. The lowest BCUT2D eigenvalue weighted by Gasteiger charge is -2.19. The van der Waals surface area contributed by atoms with Gasteiger partial charge in [0.15, 0.2) is 11.5 Å². The summed E-state index contributed by atoms with van der Waals surface area (Å²) < 4.78 is 22.9. The van der Waals surface area contributed by atoms with E-state index < -0.39 is 0 Å². The van der Waals surface area contributed by atoms with Crippen LogP contribution in [-0.4, -0.2) is 20.8 Å². The van der Waals surface area contributed by atoms with Crippen molar-refractivity contribution in [1.29, 1.82) is 0 Å². The molecule has 3 aromatic rings. The molecule has 0 N–H and O–H groups in total. The third kappa shape index (κ3) is 6.89. The molecule has 0 spiro atoms. The van der Waals surface area contributed by atoms with Crippen LogP contribution < -0.4 is 14.2 Å². The molecule has 0 aromatic heterocycles. The molecule has 1 unspecified atom stereocenters. The van der Waals surface area contributed by atoms with E-state index in [1.165, 1.54) is 5.56 Å². The van der Waals surface area contributed by atoms with Gasteiger partial charge in [-0.15, -0.1) is 0 Å². The Kier molecular flexibility index (Phi) is 9.20. The molecule has 0 aliphatic heterocycles. The van der Waals surface area contributed by atoms with E-state index in [1.54, 1.807) is 14.2 Å². The van der Waals surface area contributed by atoms with Gasteiger partial charge in [-0.05, 0) is 29.5 Å². The molecule has 4 nitrogen and oxygen atoms in total. The molecule has 0 amide bonds. The second kappa shape index (κ2) is 12.6. The maximum absolute atomic E-state index is 6.20.